The molecule has 35 heavy (non-hydrogen) atoms. The molecule has 3 N–H and O–H groups in total. The third kappa shape index (κ3) is 5.33. The molecule has 0 saturated heterocycles. The average Bonchev–Trinajstić information content (AvgIpc) is 3.25. The van der Waals surface area contributed by atoms with Crippen molar-refractivity contribution >= 4 is 45.6 Å². The lowest BCUT2D eigenvalue weighted by Crippen LogP contribution is -2.10. The standard InChI is InChI=1S/C28H22ClF3N2O/c1-2-21(22-13-12-20(29)16-23(22)28(30,31)32)27(25-15-19-5-3-4-6-24(19)34-25)18-10-7-17(8-11-18)9-14-26(33)35/h3-16,34H,2H2,1H3,(H2,33,35)/b14-9+,27-21+. The highest BCUT2D eigenvalue weighted by Gasteiger charge is 2.35. The van der Waals surface area contributed by atoms with Gasteiger partial charge in [-0.2, -0.15) is 13.2 Å². The molecular weight excluding hydrogens is 473 g/mol. The number of carbonyl (C=O) groups is 1. The van der Waals surface area contributed by atoms with Gasteiger partial charge in [-0.05, 0) is 59.0 Å². The molecule has 3 aromatic carbocycles. The lowest BCUT2D eigenvalue weighted by atomic mass is 9.88. The lowest BCUT2D eigenvalue weighted by Gasteiger charge is -2.19. The molecule has 0 atom stereocenters. The minimum Gasteiger partial charge on any atom is -0.366 e. The van der Waals surface area contributed by atoms with Gasteiger partial charge in [0.25, 0.3) is 0 Å². The summed E-state index contributed by atoms with van der Waals surface area (Å²) in [5.41, 5.74) is 8.70. The highest BCUT2D eigenvalue weighted by Crippen LogP contribution is 2.42. The number of aromatic amines is 1. The van der Waals surface area contributed by atoms with Crippen LogP contribution in [0, 0.1) is 0 Å². The molecule has 7 heteroatoms. The van der Waals surface area contributed by atoms with E-state index in [0.717, 1.165) is 28.1 Å². The Morgan fingerprint density at radius 1 is 1.03 bits per heavy atom. The van der Waals surface area contributed by atoms with E-state index >= 15 is 0 Å². The zero-order valence-corrected chi connectivity index (χ0v) is 19.5. The number of benzene rings is 3. The summed E-state index contributed by atoms with van der Waals surface area (Å²) in [5, 5.41) is 0.970. The number of hydrogen-bond acceptors (Lipinski definition) is 1. The summed E-state index contributed by atoms with van der Waals surface area (Å²) in [6, 6.07) is 20.7. The molecule has 0 radical (unpaired) electrons. The molecule has 1 amide bonds. The summed E-state index contributed by atoms with van der Waals surface area (Å²) in [5.74, 6) is -0.566. The highest BCUT2D eigenvalue weighted by atomic mass is 35.5. The Morgan fingerprint density at radius 3 is 2.37 bits per heavy atom. The van der Waals surface area contributed by atoms with Crippen LogP contribution in [0.2, 0.25) is 5.02 Å². The number of halogens is 4. The number of amides is 1. The van der Waals surface area contributed by atoms with Gasteiger partial charge in [-0.3, -0.25) is 4.79 Å². The van der Waals surface area contributed by atoms with Gasteiger partial charge in [0.2, 0.25) is 5.91 Å². The molecule has 1 heterocycles. The second-order valence-electron chi connectivity index (χ2n) is 8.02. The quantitative estimate of drug-likeness (QED) is 0.209. The van der Waals surface area contributed by atoms with Crippen molar-refractivity contribution in [2.75, 3.05) is 0 Å². The zero-order chi connectivity index (χ0) is 25.2. The van der Waals surface area contributed by atoms with Gasteiger partial charge < -0.3 is 10.7 Å². The van der Waals surface area contributed by atoms with Crippen LogP contribution in [-0.4, -0.2) is 10.9 Å². The van der Waals surface area contributed by atoms with Crippen molar-refractivity contribution in [1.82, 2.24) is 4.98 Å². The van der Waals surface area contributed by atoms with Crippen molar-refractivity contribution < 1.29 is 18.0 Å². The van der Waals surface area contributed by atoms with Gasteiger partial charge in [-0.25, -0.2) is 0 Å². The van der Waals surface area contributed by atoms with Crippen LogP contribution in [0.5, 0.6) is 0 Å². The Morgan fingerprint density at radius 2 is 1.74 bits per heavy atom. The number of hydrogen-bond donors (Lipinski definition) is 2. The van der Waals surface area contributed by atoms with Crippen LogP contribution >= 0.6 is 11.6 Å². The van der Waals surface area contributed by atoms with Crippen LogP contribution < -0.4 is 5.73 Å². The van der Waals surface area contributed by atoms with E-state index in [-0.39, 0.29) is 10.6 Å². The van der Waals surface area contributed by atoms with Gasteiger partial charge in [0.1, 0.15) is 0 Å². The van der Waals surface area contributed by atoms with Crippen LogP contribution in [0.1, 0.15) is 41.3 Å². The number of nitrogens with one attached hydrogen (secondary N) is 1. The second-order valence-corrected chi connectivity index (χ2v) is 8.46. The van der Waals surface area contributed by atoms with E-state index in [1.807, 2.05) is 49.4 Å². The van der Waals surface area contributed by atoms with Gasteiger partial charge in [0.05, 0.1) is 5.56 Å². The van der Waals surface area contributed by atoms with E-state index < -0.39 is 17.6 Å². The van der Waals surface area contributed by atoms with Crippen LogP contribution in [0.4, 0.5) is 13.2 Å². The number of fused-ring (bicyclic) bond motifs is 1. The topological polar surface area (TPSA) is 58.9 Å². The summed E-state index contributed by atoms with van der Waals surface area (Å²) in [6.45, 7) is 1.83. The first-order chi connectivity index (χ1) is 16.7. The summed E-state index contributed by atoms with van der Waals surface area (Å²) in [7, 11) is 0. The average molecular weight is 495 g/mol. The summed E-state index contributed by atoms with van der Waals surface area (Å²) < 4.78 is 42.1. The van der Waals surface area contributed by atoms with Crippen LogP contribution in [0.25, 0.3) is 28.1 Å². The fourth-order valence-electron chi connectivity index (χ4n) is 4.16. The monoisotopic (exact) mass is 494 g/mol. The summed E-state index contributed by atoms with van der Waals surface area (Å²) in [6.07, 6.45) is -1.39. The van der Waals surface area contributed by atoms with Crippen LogP contribution in [0.3, 0.4) is 0 Å². The number of rotatable bonds is 6. The fraction of sp³-hybridized carbons (Fsp3) is 0.107. The van der Waals surface area contributed by atoms with E-state index in [2.05, 4.69) is 4.98 Å². The molecule has 0 unspecified atom stereocenters. The first-order valence-electron chi connectivity index (χ1n) is 10.9. The number of nitrogens with two attached hydrogens (primary N) is 1. The Kier molecular flexibility index (Phi) is 6.85. The van der Waals surface area contributed by atoms with Gasteiger partial charge in [-0.15, -0.1) is 0 Å². The number of primary amides is 1. The Labute approximate surface area is 205 Å². The zero-order valence-electron chi connectivity index (χ0n) is 18.8. The van der Waals surface area contributed by atoms with E-state index in [1.165, 1.54) is 18.2 Å². The molecule has 3 nitrogen and oxygen atoms in total. The second kappa shape index (κ2) is 9.84. The third-order valence-electron chi connectivity index (χ3n) is 5.71. The van der Waals surface area contributed by atoms with Crippen LogP contribution in [0.15, 0.2) is 78.9 Å². The predicted octanol–water partition coefficient (Wildman–Crippen LogP) is 7.71. The van der Waals surface area contributed by atoms with Gasteiger partial charge in [0, 0.05) is 33.3 Å². The maximum atomic E-state index is 14.0. The number of allylic oxidation sites excluding steroid dienone is 1. The Balaban J connectivity index is 1.99. The van der Waals surface area contributed by atoms with E-state index in [4.69, 9.17) is 17.3 Å². The minimum atomic E-state index is -4.57. The van der Waals surface area contributed by atoms with Crippen molar-refractivity contribution in [2.45, 2.75) is 19.5 Å². The molecule has 178 valence electrons. The molecule has 0 aliphatic heterocycles. The lowest BCUT2D eigenvalue weighted by molar-refractivity contribution is -0.137. The SMILES string of the molecule is CC/C(=C(/c1ccc(/C=C/C(N)=O)cc1)c1cc2ccccc2[nH]1)c1ccc(Cl)cc1C(F)(F)F. The number of para-hydroxylation sites is 1. The summed E-state index contributed by atoms with van der Waals surface area (Å²) >= 11 is 5.95. The molecule has 0 bridgehead atoms. The Hall–Kier alpha value is -3.77. The molecule has 4 rings (SSSR count). The number of alkyl halides is 3. The third-order valence-corrected chi connectivity index (χ3v) is 5.94. The maximum absolute atomic E-state index is 14.0. The molecule has 0 spiro atoms. The van der Waals surface area contributed by atoms with Crippen molar-refractivity contribution in [3.05, 3.63) is 112 Å². The van der Waals surface area contributed by atoms with Crippen molar-refractivity contribution in [3.8, 4) is 0 Å². The van der Waals surface area contributed by atoms with E-state index in [1.54, 1.807) is 18.2 Å². The molecule has 0 fully saturated rings. The van der Waals surface area contributed by atoms with Gasteiger partial charge >= 0.3 is 6.18 Å². The van der Waals surface area contributed by atoms with Crippen molar-refractivity contribution in [1.29, 1.82) is 0 Å². The van der Waals surface area contributed by atoms with Crippen LogP contribution in [-0.2, 0) is 11.0 Å². The smallest absolute Gasteiger partial charge is 0.366 e. The van der Waals surface area contributed by atoms with Crippen molar-refractivity contribution in [2.24, 2.45) is 5.73 Å². The molecule has 0 aliphatic carbocycles. The molecular formula is C28H22ClF3N2O. The predicted molar refractivity (Wildman–Crippen MR) is 136 cm³/mol. The maximum Gasteiger partial charge on any atom is 0.417 e. The normalized spacial score (nSPS) is 12.8. The number of carbonyl (C=O) groups excluding carboxylic acids is 1. The number of H-pyrrole nitrogens is 1. The van der Waals surface area contributed by atoms with E-state index in [0.29, 0.717) is 23.3 Å². The summed E-state index contributed by atoms with van der Waals surface area (Å²) in [4.78, 5) is 14.4. The number of aromatic nitrogens is 1. The first-order valence-corrected chi connectivity index (χ1v) is 11.3. The first kappa shape index (κ1) is 24.4. The highest BCUT2D eigenvalue weighted by molar-refractivity contribution is 6.30. The Bertz CT molecular complexity index is 1410. The molecule has 0 aliphatic rings. The van der Waals surface area contributed by atoms with E-state index in [9.17, 15) is 18.0 Å². The fourth-order valence-corrected chi connectivity index (χ4v) is 4.33. The molecule has 4 aromatic rings. The van der Waals surface area contributed by atoms with Gasteiger partial charge in [-0.1, -0.05) is 67.1 Å². The van der Waals surface area contributed by atoms with Gasteiger partial charge in [0.15, 0.2) is 0 Å². The minimum absolute atomic E-state index is 0.0225. The largest absolute Gasteiger partial charge is 0.417 e. The molecule has 0 saturated carbocycles. The molecule has 1 aromatic heterocycles. The van der Waals surface area contributed by atoms with Crippen molar-refractivity contribution in [3.63, 3.8) is 0 Å².